The Kier molecular flexibility index (Phi) is 2.59. The third-order valence-electron chi connectivity index (χ3n) is 3.28. The van der Waals surface area contributed by atoms with Crippen molar-refractivity contribution < 1.29 is 0 Å². The first kappa shape index (κ1) is 9.71. The molecular formula is C11H19N3. The van der Waals surface area contributed by atoms with Gasteiger partial charge in [-0.15, -0.1) is 0 Å². The average molecular weight is 193 g/mol. The van der Waals surface area contributed by atoms with Crippen LogP contribution in [0.3, 0.4) is 0 Å². The topological polar surface area (TPSA) is 29.9 Å². The zero-order valence-corrected chi connectivity index (χ0v) is 9.08. The fourth-order valence-corrected chi connectivity index (χ4v) is 1.85. The third-order valence-corrected chi connectivity index (χ3v) is 3.28. The van der Waals surface area contributed by atoms with E-state index in [1.807, 2.05) is 17.9 Å². The summed E-state index contributed by atoms with van der Waals surface area (Å²) in [7, 11) is 1.96. The maximum absolute atomic E-state index is 4.33. The van der Waals surface area contributed by atoms with Crippen LogP contribution >= 0.6 is 0 Å². The Morgan fingerprint density at radius 3 is 2.86 bits per heavy atom. The SMILES string of the molecule is CCC1(CNCc2ccn(C)n2)CC1. The van der Waals surface area contributed by atoms with E-state index in [0.29, 0.717) is 5.41 Å². The van der Waals surface area contributed by atoms with Crippen LogP contribution < -0.4 is 5.32 Å². The number of hydrogen-bond acceptors (Lipinski definition) is 2. The third kappa shape index (κ3) is 2.15. The standard InChI is InChI=1S/C11H19N3/c1-3-11(5-6-11)9-12-8-10-4-7-14(2)13-10/h4,7,12H,3,5-6,8-9H2,1-2H3. The number of aryl methyl sites for hydroxylation is 1. The van der Waals surface area contributed by atoms with Crippen molar-refractivity contribution in [3.8, 4) is 0 Å². The van der Waals surface area contributed by atoms with Crippen LogP contribution in [0.1, 0.15) is 31.9 Å². The largest absolute Gasteiger partial charge is 0.311 e. The number of aromatic nitrogens is 2. The summed E-state index contributed by atoms with van der Waals surface area (Å²) in [5, 5.41) is 7.82. The monoisotopic (exact) mass is 193 g/mol. The van der Waals surface area contributed by atoms with Gasteiger partial charge >= 0.3 is 0 Å². The highest BCUT2D eigenvalue weighted by Crippen LogP contribution is 2.47. The van der Waals surface area contributed by atoms with Gasteiger partial charge in [0.2, 0.25) is 0 Å². The molecule has 0 amide bonds. The van der Waals surface area contributed by atoms with E-state index in [-0.39, 0.29) is 0 Å². The minimum absolute atomic E-state index is 0.634. The second-order valence-corrected chi connectivity index (χ2v) is 4.44. The molecule has 1 aromatic rings. The Bertz CT molecular complexity index is 299. The van der Waals surface area contributed by atoms with Crippen LogP contribution in [-0.2, 0) is 13.6 Å². The molecule has 0 unspecified atom stereocenters. The molecule has 1 aliphatic carbocycles. The van der Waals surface area contributed by atoms with E-state index in [0.717, 1.165) is 18.8 Å². The Morgan fingerprint density at radius 2 is 2.36 bits per heavy atom. The van der Waals surface area contributed by atoms with Gasteiger partial charge in [-0.05, 0) is 30.7 Å². The molecule has 0 aromatic carbocycles. The molecule has 0 bridgehead atoms. The molecule has 3 nitrogen and oxygen atoms in total. The molecule has 0 atom stereocenters. The van der Waals surface area contributed by atoms with Crippen molar-refractivity contribution in [2.24, 2.45) is 12.5 Å². The molecule has 1 fully saturated rings. The number of nitrogens with zero attached hydrogens (tertiary/aromatic N) is 2. The van der Waals surface area contributed by atoms with Gasteiger partial charge in [0.05, 0.1) is 5.69 Å². The van der Waals surface area contributed by atoms with Crippen molar-refractivity contribution in [2.45, 2.75) is 32.7 Å². The molecule has 0 saturated heterocycles. The van der Waals surface area contributed by atoms with Crippen molar-refractivity contribution in [1.29, 1.82) is 0 Å². The zero-order chi connectivity index (χ0) is 10.0. The van der Waals surface area contributed by atoms with Gasteiger partial charge in [0.15, 0.2) is 0 Å². The highest BCUT2D eigenvalue weighted by Gasteiger charge is 2.39. The minimum Gasteiger partial charge on any atom is -0.311 e. The molecule has 1 aliphatic rings. The molecule has 78 valence electrons. The van der Waals surface area contributed by atoms with E-state index in [1.165, 1.54) is 19.3 Å². The molecule has 3 heteroatoms. The summed E-state index contributed by atoms with van der Waals surface area (Å²) in [5.74, 6) is 0. The van der Waals surface area contributed by atoms with Crippen LogP contribution in [0.2, 0.25) is 0 Å². The summed E-state index contributed by atoms with van der Waals surface area (Å²) in [6, 6.07) is 2.07. The predicted octanol–water partition coefficient (Wildman–Crippen LogP) is 1.70. The lowest BCUT2D eigenvalue weighted by atomic mass is 10.0. The summed E-state index contributed by atoms with van der Waals surface area (Å²) in [4.78, 5) is 0. The van der Waals surface area contributed by atoms with Crippen LogP contribution in [0.25, 0.3) is 0 Å². The van der Waals surface area contributed by atoms with E-state index in [1.54, 1.807) is 0 Å². The summed E-state index contributed by atoms with van der Waals surface area (Å²) in [6.07, 6.45) is 6.10. The Morgan fingerprint density at radius 1 is 1.57 bits per heavy atom. The molecule has 1 saturated carbocycles. The molecular weight excluding hydrogens is 174 g/mol. The summed E-state index contributed by atoms with van der Waals surface area (Å²) < 4.78 is 1.85. The molecule has 0 aliphatic heterocycles. The van der Waals surface area contributed by atoms with Crippen LogP contribution in [-0.4, -0.2) is 16.3 Å². The van der Waals surface area contributed by atoms with Crippen molar-refractivity contribution in [2.75, 3.05) is 6.54 Å². The lowest BCUT2D eigenvalue weighted by Crippen LogP contribution is -2.23. The van der Waals surface area contributed by atoms with E-state index < -0.39 is 0 Å². The fraction of sp³-hybridized carbons (Fsp3) is 0.727. The quantitative estimate of drug-likeness (QED) is 0.771. The lowest BCUT2D eigenvalue weighted by molar-refractivity contribution is 0.441. The van der Waals surface area contributed by atoms with E-state index in [4.69, 9.17) is 0 Å². The van der Waals surface area contributed by atoms with Gasteiger partial charge in [-0.3, -0.25) is 4.68 Å². The smallest absolute Gasteiger partial charge is 0.0762 e. The molecule has 0 spiro atoms. The fourth-order valence-electron chi connectivity index (χ4n) is 1.85. The molecule has 1 heterocycles. The Hall–Kier alpha value is -0.830. The zero-order valence-electron chi connectivity index (χ0n) is 9.08. The predicted molar refractivity (Wildman–Crippen MR) is 56.9 cm³/mol. The maximum Gasteiger partial charge on any atom is 0.0762 e. The first-order chi connectivity index (χ1) is 6.74. The van der Waals surface area contributed by atoms with Gasteiger partial charge in [0.25, 0.3) is 0 Å². The van der Waals surface area contributed by atoms with Crippen LogP contribution in [0.15, 0.2) is 12.3 Å². The summed E-state index contributed by atoms with van der Waals surface area (Å²) in [6.45, 7) is 4.35. The van der Waals surface area contributed by atoms with Crippen molar-refractivity contribution in [3.05, 3.63) is 18.0 Å². The van der Waals surface area contributed by atoms with Gasteiger partial charge < -0.3 is 5.32 Å². The first-order valence-electron chi connectivity index (χ1n) is 5.43. The number of nitrogens with one attached hydrogen (secondary N) is 1. The highest BCUT2D eigenvalue weighted by atomic mass is 15.3. The van der Waals surface area contributed by atoms with Gasteiger partial charge in [-0.2, -0.15) is 5.10 Å². The summed E-state index contributed by atoms with van der Waals surface area (Å²) >= 11 is 0. The van der Waals surface area contributed by atoms with E-state index in [9.17, 15) is 0 Å². The van der Waals surface area contributed by atoms with Crippen LogP contribution in [0, 0.1) is 5.41 Å². The van der Waals surface area contributed by atoms with E-state index in [2.05, 4.69) is 23.4 Å². The van der Waals surface area contributed by atoms with Crippen LogP contribution in [0.5, 0.6) is 0 Å². The minimum atomic E-state index is 0.634. The van der Waals surface area contributed by atoms with E-state index >= 15 is 0 Å². The van der Waals surface area contributed by atoms with Gasteiger partial charge in [-0.1, -0.05) is 6.92 Å². The first-order valence-corrected chi connectivity index (χ1v) is 5.43. The molecule has 1 aromatic heterocycles. The maximum atomic E-state index is 4.33. The highest BCUT2D eigenvalue weighted by molar-refractivity contribution is 4.99. The van der Waals surface area contributed by atoms with Gasteiger partial charge in [0.1, 0.15) is 0 Å². The van der Waals surface area contributed by atoms with Gasteiger partial charge in [-0.25, -0.2) is 0 Å². The van der Waals surface area contributed by atoms with Crippen molar-refractivity contribution in [1.82, 2.24) is 15.1 Å². The van der Waals surface area contributed by atoms with Gasteiger partial charge in [0, 0.05) is 26.3 Å². The summed E-state index contributed by atoms with van der Waals surface area (Å²) in [5.41, 5.74) is 1.77. The number of rotatable bonds is 5. The molecule has 14 heavy (non-hydrogen) atoms. The number of hydrogen-bond donors (Lipinski definition) is 1. The average Bonchev–Trinajstić information content (AvgIpc) is 2.84. The Labute approximate surface area is 85.5 Å². The second kappa shape index (κ2) is 3.73. The molecule has 2 rings (SSSR count). The normalized spacial score (nSPS) is 18.4. The second-order valence-electron chi connectivity index (χ2n) is 4.44. The molecule has 1 N–H and O–H groups in total. The lowest BCUT2D eigenvalue weighted by Gasteiger charge is -2.12. The van der Waals surface area contributed by atoms with Crippen molar-refractivity contribution in [3.63, 3.8) is 0 Å². The molecule has 0 radical (unpaired) electrons. The Balaban J connectivity index is 1.73. The van der Waals surface area contributed by atoms with Crippen LogP contribution in [0.4, 0.5) is 0 Å². The van der Waals surface area contributed by atoms with Crippen molar-refractivity contribution >= 4 is 0 Å².